The van der Waals surface area contributed by atoms with E-state index in [-0.39, 0.29) is 11.6 Å². The molecule has 0 unspecified atom stereocenters. The Morgan fingerprint density at radius 3 is 2.40 bits per heavy atom. The van der Waals surface area contributed by atoms with Crippen molar-refractivity contribution in [3.05, 3.63) is 105 Å². The number of hydrogen-bond donors (Lipinski definition) is 0. The number of cyclic esters (lactones) is 1. The fourth-order valence-electron chi connectivity index (χ4n) is 2.88. The first-order chi connectivity index (χ1) is 14.5. The van der Waals surface area contributed by atoms with Crippen LogP contribution in [0.2, 0.25) is 0 Å². The third-order valence-electron chi connectivity index (χ3n) is 4.47. The molecule has 0 spiro atoms. The Bertz CT molecular complexity index is 1180. The second-order valence-electron chi connectivity index (χ2n) is 6.62. The zero-order valence-corrected chi connectivity index (χ0v) is 17.5. The number of esters is 2. The molecule has 6 heteroatoms. The van der Waals surface area contributed by atoms with Gasteiger partial charge in [-0.1, -0.05) is 46.3 Å². The molecule has 0 bridgehead atoms. The number of aliphatic imine (C=N–C) groups is 1. The maximum atomic E-state index is 12.3. The number of benzene rings is 3. The fourth-order valence-corrected chi connectivity index (χ4v) is 3.14. The van der Waals surface area contributed by atoms with E-state index in [0.29, 0.717) is 16.9 Å². The second kappa shape index (κ2) is 8.47. The molecule has 5 nitrogen and oxygen atoms in total. The molecule has 3 aromatic carbocycles. The minimum Gasteiger partial charge on any atom is -0.423 e. The summed E-state index contributed by atoms with van der Waals surface area (Å²) in [5, 5.41) is 0. The molecule has 0 saturated heterocycles. The minimum absolute atomic E-state index is 0.206. The SMILES string of the molecule is Cc1ccccc1C(=O)Oc1ccc(/C=C2\N=C(c3ccc(Br)cc3)OC2=O)cc1. The molecule has 1 aliphatic heterocycles. The number of carbonyl (C=O) groups is 2. The molecule has 0 atom stereocenters. The zero-order valence-electron chi connectivity index (χ0n) is 16.0. The molecule has 3 aromatic rings. The van der Waals surface area contributed by atoms with Gasteiger partial charge in [0.2, 0.25) is 5.90 Å². The highest BCUT2D eigenvalue weighted by Gasteiger charge is 2.24. The van der Waals surface area contributed by atoms with Crippen molar-refractivity contribution in [2.45, 2.75) is 6.92 Å². The number of rotatable bonds is 4. The van der Waals surface area contributed by atoms with Crippen LogP contribution in [0.5, 0.6) is 5.75 Å². The predicted octanol–water partition coefficient (Wildman–Crippen LogP) is 5.32. The summed E-state index contributed by atoms with van der Waals surface area (Å²) in [4.78, 5) is 28.8. The van der Waals surface area contributed by atoms with Crippen LogP contribution in [0, 0.1) is 6.92 Å². The van der Waals surface area contributed by atoms with E-state index in [9.17, 15) is 9.59 Å². The number of aryl methyl sites for hydroxylation is 1. The number of nitrogens with zero attached hydrogens (tertiary/aromatic N) is 1. The summed E-state index contributed by atoms with van der Waals surface area (Å²) in [7, 11) is 0. The van der Waals surface area contributed by atoms with Crippen molar-refractivity contribution in [1.82, 2.24) is 0 Å². The standard InChI is InChI=1S/C24H16BrNO4/c1-15-4-2-3-5-20(15)23(27)29-19-12-6-16(7-13-19)14-21-24(28)30-22(26-21)17-8-10-18(25)11-9-17/h2-14H,1H3/b21-14-. The summed E-state index contributed by atoms with van der Waals surface area (Å²) in [6, 6.07) is 21.4. The van der Waals surface area contributed by atoms with Gasteiger partial charge in [-0.3, -0.25) is 0 Å². The largest absolute Gasteiger partial charge is 0.423 e. The fraction of sp³-hybridized carbons (Fsp3) is 0.0417. The van der Waals surface area contributed by atoms with E-state index in [1.807, 2.05) is 43.3 Å². The summed E-state index contributed by atoms with van der Waals surface area (Å²) in [6.07, 6.45) is 1.63. The van der Waals surface area contributed by atoms with Crippen LogP contribution in [0.25, 0.3) is 6.08 Å². The Morgan fingerprint density at radius 2 is 1.70 bits per heavy atom. The Balaban J connectivity index is 1.49. The molecule has 4 rings (SSSR count). The average molecular weight is 462 g/mol. The third kappa shape index (κ3) is 4.39. The molecule has 1 heterocycles. The van der Waals surface area contributed by atoms with Gasteiger partial charge in [-0.2, -0.15) is 0 Å². The van der Waals surface area contributed by atoms with Crippen molar-refractivity contribution < 1.29 is 19.1 Å². The summed E-state index contributed by atoms with van der Waals surface area (Å²) in [6.45, 7) is 1.86. The molecule has 0 aromatic heterocycles. The first kappa shape index (κ1) is 19.8. The highest BCUT2D eigenvalue weighted by molar-refractivity contribution is 9.10. The van der Waals surface area contributed by atoms with E-state index in [1.165, 1.54) is 0 Å². The quantitative estimate of drug-likeness (QED) is 0.299. The maximum Gasteiger partial charge on any atom is 0.363 e. The van der Waals surface area contributed by atoms with Crippen LogP contribution in [-0.4, -0.2) is 17.8 Å². The van der Waals surface area contributed by atoms with Gasteiger partial charge in [-0.15, -0.1) is 0 Å². The Kier molecular flexibility index (Phi) is 5.59. The van der Waals surface area contributed by atoms with Gasteiger partial charge in [0.25, 0.3) is 0 Å². The molecule has 0 saturated carbocycles. The van der Waals surface area contributed by atoms with Crippen LogP contribution in [0.15, 0.2) is 88.0 Å². The second-order valence-corrected chi connectivity index (χ2v) is 7.53. The summed E-state index contributed by atoms with van der Waals surface area (Å²) in [5.41, 5.74) is 3.03. The number of ether oxygens (including phenoxy) is 2. The molecule has 148 valence electrons. The highest BCUT2D eigenvalue weighted by atomic mass is 79.9. The molecule has 0 aliphatic carbocycles. The molecule has 0 fully saturated rings. The van der Waals surface area contributed by atoms with E-state index >= 15 is 0 Å². The van der Waals surface area contributed by atoms with Gasteiger partial charge < -0.3 is 9.47 Å². The normalized spacial score (nSPS) is 14.4. The van der Waals surface area contributed by atoms with E-state index in [1.54, 1.807) is 42.5 Å². The smallest absolute Gasteiger partial charge is 0.363 e. The Hall–Kier alpha value is -3.51. The minimum atomic E-state index is -0.511. The van der Waals surface area contributed by atoms with Gasteiger partial charge >= 0.3 is 11.9 Å². The average Bonchev–Trinajstić information content (AvgIpc) is 3.10. The maximum absolute atomic E-state index is 12.3. The van der Waals surface area contributed by atoms with Crippen LogP contribution in [0.4, 0.5) is 0 Å². The molecule has 1 aliphatic rings. The number of carbonyl (C=O) groups excluding carboxylic acids is 2. The predicted molar refractivity (Wildman–Crippen MR) is 117 cm³/mol. The first-order valence-corrected chi connectivity index (χ1v) is 9.95. The van der Waals surface area contributed by atoms with Crippen LogP contribution >= 0.6 is 15.9 Å². The van der Waals surface area contributed by atoms with Gasteiger partial charge in [0.05, 0.1) is 5.56 Å². The topological polar surface area (TPSA) is 65.0 Å². The Labute approximate surface area is 181 Å². The van der Waals surface area contributed by atoms with Crippen LogP contribution in [0.1, 0.15) is 27.0 Å². The van der Waals surface area contributed by atoms with Crippen LogP contribution < -0.4 is 4.74 Å². The lowest BCUT2D eigenvalue weighted by Gasteiger charge is -2.06. The van der Waals surface area contributed by atoms with E-state index < -0.39 is 11.9 Å². The molecule has 0 radical (unpaired) electrons. The van der Waals surface area contributed by atoms with Crippen molar-refractivity contribution >= 4 is 39.8 Å². The lowest BCUT2D eigenvalue weighted by molar-refractivity contribution is -0.129. The van der Waals surface area contributed by atoms with Crippen molar-refractivity contribution in [3.63, 3.8) is 0 Å². The van der Waals surface area contributed by atoms with Crippen molar-refractivity contribution in [3.8, 4) is 5.75 Å². The van der Waals surface area contributed by atoms with E-state index in [4.69, 9.17) is 9.47 Å². The molecule has 30 heavy (non-hydrogen) atoms. The highest BCUT2D eigenvalue weighted by Crippen LogP contribution is 2.22. The number of hydrogen-bond acceptors (Lipinski definition) is 5. The van der Waals surface area contributed by atoms with Crippen molar-refractivity contribution in [2.24, 2.45) is 4.99 Å². The Morgan fingerprint density at radius 1 is 1.00 bits per heavy atom. The van der Waals surface area contributed by atoms with Crippen LogP contribution in [0.3, 0.4) is 0 Å². The third-order valence-corrected chi connectivity index (χ3v) is 5.00. The summed E-state index contributed by atoms with van der Waals surface area (Å²) in [5.74, 6) is -0.244. The van der Waals surface area contributed by atoms with Crippen molar-refractivity contribution in [2.75, 3.05) is 0 Å². The summed E-state index contributed by atoms with van der Waals surface area (Å²) >= 11 is 3.37. The van der Waals surface area contributed by atoms with E-state index in [2.05, 4.69) is 20.9 Å². The monoisotopic (exact) mass is 461 g/mol. The zero-order chi connectivity index (χ0) is 21.1. The van der Waals surface area contributed by atoms with Crippen molar-refractivity contribution in [1.29, 1.82) is 0 Å². The summed E-state index contributed by atoms with van der Waals surface area (Å²) < 4.78 is 11.6. The molecular formula is C24H16BrNO4. The van der Waals surface area contributed by atoms with Gasteiger partial charge in [0.1, 0.15) is 5.75 Å². The lowest BCUT2D eigenvalue weighted by atomic mass is 10.1. The number of halogens is 1. The molecular weight excluding hydrogens is 446 g/mol. The van der Waals surface area contributed by atoms with Crippen LogP contribution in [-0.2, 0) is 9.53 Å². The first-order valence-electron chi connectivity index (χ1n) is 9.16. The van der Waals surface area contributed by atoms with Gasteiger partial charge in [-0.25, -0.2) is 14.6 Å². The van der Waals surface area contributed by atoms with E-state index in [0.717, 1.165) is 15.6 Å². The van der Waals surface area contributed by atoms with Gasteiger partial charge in [0, 0.05) is 10.0 Å². The van der Waals surface area contributed by atoms with Gasteiger partial charge in [-0.05, 0) is 66.6 Å². The van der Waals surface area contributed by atoms with Gasteiger partial charge in [0.15, 0.2) is 5.70 Å². The molecule has 0 amide bonds. The molecule has 0 N–H and O–H groups in total. The lowest BCUT2D eigenvalue weighted by Crippen LogP contribution is -2.09.